The highest BCUT2D eigenvalue weighted by Crippen LogP contribution is 2.25. The normalized spacial score (nSPS) is 11.4. The number of nitrogens with zero attached hydrogens (tertiary/aromatic N) is 1. The van der Waals surface area contributed by atoms with Crippen LogP contribution < -0.4 is 0 Å². The van der Waals surface area contributed by atoms with Gasteiger partial charge in [0, 0.05) is 34.0 Å². The van der Waals surface area contributed by atoms with E-state index in [4.69, 9.17) is 27.9 Å². The summed E-state index contributed by atoms with van der Waals surface area (Å²) in [5.74, 6) is 0. The summed E-state index contributed by atoms with van der Waals surface area (Å²) >= 11 is 12.3. The quantitative estimate of drug-likeness (QED) is 0.649. The molecule has 2 aromatic rings. The number of aromatic nitrogens is 1. The molecule has 0 N–H and O–H groups in total. The van der Waals surface area contributed by atoms with Crippen LogP contribution in [0.3, 0.4) is 0 Å². The largest absolute Gasteiger partial charge is 0.372 e. The maximum Gasteiger partial charge on any atom is 0.0750 e. The van der Waals surface area contributed by atoms with E-state index in [1.54, 1.807) is 0 Å². The number of rotatable bonds is 6. The molecule has 0 saturated heterocycles. The highest BCUT2D eigenvalue weighted by atomic mass is 35.5. The molecule has 0 fully saturated rings. The van der Waals surface area contributed by atoms with Gasteiger partial charge in [0.25, 0.3) is 0 Å². The minimum Gasteiger partial charge on any atom is -0.372 e. The Labute approximate surface area is 135 Å². The Morgan fingerprint density at radius 2 is 1.86 bits per heavy atom. The predicted molar refractivity (Wildman–Crippen MR) is 88.9 cm³/mol. The molecular weight excluding hydrogens is 305 g/mol. The van der Waals surface area contributed by atoms with Gasteiger partial charge in [0.05, 0.1) is 13.2 Å². The Bertz CT molecular complexity index is 611. The molecule has 1 aromatic carbocycles. The molecule has 2 rings (SSSR count). The van der Waals surface area contributed by atoms with E-state index in [2.05, 4.69) is 35.9 Å². The predicted octanol–water partition coefficient (Wildman–Crippen LogP) is 5.40. The van der Waals surface area contributed by atoms with Crippen molar-refractivity contribution in [2.45, 2.75) is 33.6 Å². The summed E-state index contributed by atoms with van der Waals surface area (Å²) in [6.07, 6.45) is 6.26. The van der Waals surface area contributed by atoms with Crippen molar-refractivity contribution >= 4 is 23.2 Å². The molecule has 1 aromatic heterocycles. The van der Waals surface area contributed by atoms with Crippen molar-refractivity contribution in [3.05, 3.63) is 69.5 Å². The van der Waals surface area contributed by atoms with Gasteiger partial charge in [-0.25, -0.2) is 0 Å². The lowest BCUT2D eigenvalue weighted by atomic mass is 10.2. The van der Waals surface area contributed by atoms with Crippen LogP contribution in [0.15, 0.2) is 42.6 Å². The molecule has 0 radical (unpaired) electrons. The van der Waals surface area contributed by atoms with Gasteiger partial charge in [-0.2, -0.15) is 0 Å². The second kappa shape index (κ2) is 7.69. The van der Waals surface area contributed by atoms with Crippen LogP contribution in [0.25, 0.3) is 0 Å². The lowest BCUT2D eigenvalue weighted by molar-refractivity contribution is 0.107. The first-order chi connectivity index (χ1) is 10.1. The zero-order valence-electron chi connectivity index (χ0n) is 12.3. The number of ether oxygens (including phenoxy) is 1. The molecule has 0 amide bonds. The Morgan fingerprint density at radius 3 is 2.52 bits per heavy atom. The molecule has 0 saturated carbocycles. The average molecular weight is 324 g/mol. The summed E-state index contributed by atoms with van der Waals surface area (Å²) in [7, 11) is 0. The first-order valence-corrected chi connectivity index (χ1v) is 7.65. The van der Waals surface area contributed by atoms with E-state index in [0.717, 1.165) is 12.1 Å². The first kappa shape index (κ1) is 16.2. The molecule has 0 bridgehead atoms. The van der Waals surface area contributed by atoms with E-state index < -0.39 is 0 Å². The van der Waals surface area contributed by atoms with Crippen LogP contribution in [-0.4, -0.2) is 4.57 Å². The molecule has 0 aliphatic heterocycles. The number of benzene rings is 1. The topological polar surface area (TPSA) is 14.2 Å². The SMILES string of the molecule is C/C=C/Cn1ccc(COCc2c(Cl)cccc2Cl)c1C. The van der Waals surface area contributed by atoms with Gasteiger partial charge in [-0.15, -0.1) is 0 Å². The van der Waals surface area contributed by atoms with Gasteiger partial charge in [0.2, 0.25) is 0 Å². The monoisotopic (exact) mass is 323 g/mol. The molecule has 0 unspecified atom stereocenters. The number of halogens is 2. The van der Waals surface area contributed by atoms with E-state index in [-0.39, 0.29) is 0 Å². The Morgan fingerprint density at radius 1 is 1.14 bits per heavy atom. The van der Waals surface area contributed by atoms with Crippen LogP contribution in [0.2, 0.25) is 10.0 Å². The smallest absolute Gasteiger partial charge is 0.0750 e. The van der Waals surface area contributed by atoms with Crippen LogP contribution in [0.5, 0.6) is 0 Å². The summed E-state index contributed by atoms with van der Waals surface area (Å²) in [6.45, 7) is 5.98. The van der Waals surface area contributed by atoms with Crippen molar-refractivity contribution in [3.63, 3.8) is 0 Å². The van der Waals surface area contributed by atoms with Crippen molar-refractivity contribution in [2.24, 2.45) is 0 Å². The van der Waals surface area contributed by atoms with Crippen molar-refractivity contribution in [2.75, 3.05) is 0 Å². The molecule has 0 aliphatic carbocycles. The molecule has 0 aliphatic rings. The Hall–Kier alpha value is -1.22. The lowest BCUT2D eigenvalue weighted by Gasteiger charge is -2.09. The van der Waals surface area contributed by atoms with Gasteiger partial charge in [0.1, 0.15) is 0 Å². The highest BCUT2D eigenvalue weighted by molar-refractivity contribution is 6.35. The second-order valence-corrected chi connectivity index (χ2v) is 5.66. The summed E-state index contributed by atoms with van der Waals surface area (Å²) in [4.78, 5) is 0. The standard InChI is InChI=1S/C17H19Cl2NO/c1-3-4-9-20-10-8-14(13(20)2)11-21-12-15-16(18)6-5-7-17(15)19/h3-8,10H,9,11-12H2,1-2H3/b4-3+. The third-order valence-electron chi connectivity index (χ3n) is 3.45. The Balaban J connectivity index is 1.96. The number of hydrogen-bond donors (Lipinski definition) is 0. The molecule has 21 heavy (non-hydrogen) atoms. The maximum atomic E-state index is 6.13. The van der Waals surface area contributed by atoms with Crippen LogP contribution in [-0.2, 0) is 24.5 Å². The van der Waals surface area contributed by atoms with Crippen molar-refractivity contribution < 1.29 is 4.74 Å². The van der Waals surface area contributed by atoms with Crippen LogP contribution in [0, 0.1) is 6.92 Å². The molecule has 2 nitrogen and oxygen atoms in total. The lowest BCUT2D eigenvalue weighted by Crippen LogP contribution is -2.00. The fraction of sp³-hybridized carbons (Fsp3) is 0.294. The van der Waals surface area contributed by atoms with Crippen LogP contribution in [0.1, 0.15) is 23.7 Å². The van der Waals surface area contributed by atoms with Crippen molar-refractivity contribution in [3.8, 4) is 0 Å². The third-order valence-corrected chi connectivity index (χ3v) is 4.16. The number of allylic oxidation sites excluding steroid dienone is 2. The third kappa shape index (κ3) is 4.13. The van der Waals surface area contributed by atoms with E-state index in [0.29, 0.717) is 23.3 Å². The highest BCUT2D eigenvalue weighted by Gasteiger charge is 2.07. The molecule has 112 valence electrons. The Kier molecular flexibility index (Phi) is 5.92. The van der Waals surface area contributed by atoms with E-state index in [1.165, 1.54) is 11.3 Å². The second-order valence-electron chi connectivity index (χ2n) is 4.84. The van der Waals surface area contributed by atoms with Crippen molar-refractivity contribution in [1.82, 2.24) is 4.57 Å². The summed E-state index contributed by atoms with van der Waals surface area (Å²) in [5.41, 5.74) is 3.24. The van der Waals surface area contributed by atoms with Gasteiger partial charge in [-0.3, -0.25) is 0 Å². The van der Waals surface area contributed by atoms with Gasteiger partial charge in [-0.05, 0) is 37.6 Å². The maximum absolute atomic E-state index is 6.13. The van der Waals surface area contributed by atoms with Gasteiger partial charge in [0.15, 0.2) is 0 Å². The van der Waals surface area contributed by atoms with Crippen LogP contribution >= 0.6 is 23.2 Å². The fourth-order valence-electron chi connectivity index (χ4n) is 2.10. The molecular formula is C17H19Cl2NO. The van der Waals surface area contributed by atoms with E-state index >= 15 is 0 Å². The summed E-state index contributed by atoms with van der Waals surface area (Å²) in [5, 5.41) is 1.29. The van der Waals surface area contributed by atoms with E-state index in [9.17, 15) is 0 Å². The molecule has 1 heterocycles. The van der Waals surface area contributed by atoms with E-state index in [1.807, 2.05) is 25.1 Å². The average Bonchev–Trinajstić information content (AvgIpc) is 2.81. The summed E-state index contributed by atoms with van der Waals surface area (Å²) in [6, 6.07) is 7.57. The zero-order valence-corrected chi connectivity index (χ0v) is 13.8. The zero-order chi connectivity index (χ0) is 15.2. The van der Waals surface area contributed by atoms with Crippen LogP contribution in [0.4, 0.5) is 0 Å². The number of hydrogen-bond acceptors (Lipinski definition) is 1. The molecule has 0 spiro atoms. The van der Waals surface area contributed by atoms with Gasteiger partial charge < -0.3 is 9.30 Å². The van der Waals surface area contributed by atoms with Crippen molar-refractivity contribution in [1.29, 1.82) is 0 Å². The summed E-state index contributed by atoms with van der Waals surface area (Å²) < 4.78 is 7.96. The molecule has 0 atom stereocenters. The van der Waals surface area contributed by atoms with Gasteiger partial charge in [-0.1, -0.05) is 41.4 Å². The first-order valence-electron chi connectivity index (χ1n) is 6.90. The fourth-order valence-corrected chi connectivity index (χ4v) is 2.61. The van der Waals surface area contributed by atoms with Gasteiger partial charge >= 0.3 is 0 Å². The minimum atomic E-state index is 0.415. The minimum absolute atomic E-state index is 0.415. The molecule has 4 heteroatoms.